The van der Waals surface area contributed by atoms with E-state index >= 15 is 0 Å². The van der Waals surface area contributed by atoms with Crippen molar-refractivity contribution in [3.05, 3.63) is 77.9 Å². The molecule has 0 spiro atoms. The molecular weight excluding hydrogens is 377 g/mol. The van der Waals surface area contributed by atoms with Gasteiger partial charge in [0.15, 0.2) is 0 Å². The topological polar surface area (TPSA) is 93.5 Å². The number of amides is 1. The third-order valence-electron chi connectivity index (χ3n) is 4.42. The normalized spacial score (nSPS) is 11.7. The number of ether oxygens (including phenoxy) is 1. The van der Waals surface area contributed by atoms with Gasteiger partial charge in [0.05, 0.1) is 13.0 Å². The first-order valence-electron chi connectivity index (χ1n) is 8.91. The number of rotatable bonds is 7. The van der Waals surface area contributed by atoms with Crippen molar-refractivity contribution in [2.24, 2.45) is 5.92 Å². The minimum atomic E-state index is -0.623. The molecule has 3 aromatic rings. The molecule has 0 bridgehead atoms. The number of nitrogens with zero attached hydrogens (tertiary/aromatic N) is 2. The zero-order valence-corrected chi connectivity index (χ0v) is 15.7. The molecule has 1 aromatic heterocycles. The first-order valence-corrected chi connectivity index (χ1v) is 8.91. The molecule has 7 nitrogen and oxygen atoms in total. The van der Waals surface area contributed by atoms with E-state index < -0.39 is 23.6 Å². The molecule has 0 radical (unpaired) electrons. The molecule has 0 saturated heterocycles. The summed E-state index contributed by atoms with van der Waals surface area (Å²) in [6.07, 6.45) is 3.45. The van der Waals surface area contributed by atoms with Crippen molar-refractivity contribution in [1.29, 1.82) is 0 Å². The van der Waals surface area contributed by atoms with Crippen LogP contribution in [0.4, 0.5) is 4.39 Å². The van der Waals surface area contributed by atoms with E-state index in [0.717, 1.165) is 11.6 Å². The second kappa shape index (κ2) is 9.01. The highest BCUT2D eigenvalue weighted by molar-refractivity contribution is 5.94. The average molecular weight is 397 g/mol. The van der Waals surface area contributed by atoms with Crippen LogP contribution in [-0.4, -0.2) is 40.4 Å². The number of nitrogens with one attached hydrogen (secondary N) is 1. The Labute approximate surface area is 166 Å². The summed E-state index contributed by atoms with van der Waals surface area (Å²) < 4.78 is 20.5. The van der Waals surface area contributed by atoms with Gasteiger partial charge in [-0.3, -0.25) is 9.59 Å². The number of aromatic nitrogens is 2. The van der Waals surface area contributed by atoms with Gasteiger partial charge in [0.25, 0.3) is 5.91 Å². The first kappa shape index (κ1) is 20.1. The molecule has 0 fully saturated rings. The number of carbonyl (C=O) groups is 2. The maximum absolute atomic E-state index is 14.3. The Kier molecular flexibility index (Phi) is 6.23. The van der Waals surface area contributed by atoms with Gasteiger partial charge in [-0.15, -0.1) is 0 Å². The molecule has 1 heterocycles. The molecule has 1 unspecified atom stereocenters. The smallest absolute Gasteiger partial charge is 0.310 e. The molecule has 0 aliphatic heterocycles. The van der Waals surface area contributed by atoms with E-state index in [1.807, 2.05) is 0 Å². The van der Waals surface area contributed by atoms with Crippen molar-refractivity contribution in [1.82, 2.24) is 15.1 Å². The fraction of sp³-hybridized carbons (Fsp3) is 0.190. The van der Waals surface area contributed by atoms with E-state index in [0.29, 0.717) is 6.42 Å². The number of esters is 1. The molecule has 1 atom stereocenters. The molecule has 3 rings (SSSR count). The predicted molar refractivity (Wildman–Crippen MR) is 103 cm³/mol. The number of halogens is 1. The minimum absolute atomic E-state index is 0.0227. The van der Waals surface area contributed by atoms with Crippen molar-refractivity contribution in [3.8, 4) is 11.4 Å². The zero-order chi connectivity index (χ0) is 20.8. The van der Waals surface area contributed by atoms with E-state index in [9.17, 15) is 19.1 Å². The zero-order valence-electron chi connectivity index (χ0n) is 15.7. The number of aromatic hydroxyl groups is 1. The number of carbonyl (C=O) groups excluding carboxylic acids is 2. The molecule has 0 saturated carbocycles. The maximum Gasteiger partial charge on any atom is 0.310 e. The Bertz CT molecular complexity index is 988. The van der Waals surface area contributed by atoms with Crippen LogP contribution < -0.4 is 5.32 Å². The van der Waals surface area contributed by atoms with Crippen LogP contribution in [0.3, 0.4) is 0 Å². The van der Waals surface area contributed by atoms with Gasteiger partial charge in [-0.25, -0.2) is 9.07 Å². The van der Waals surface area contributed by atoms with Gasteiger partial charge in [0.1, 0.15) is 17.3 Å². The SMILES string of the molecule is COC(=O)C(CNC(=O)c1ccc(-n2cccn2)c(F)c1)Cc1ccc(O)cc1. The fourth-order valence-corrected chi connectivity index (χ4v) is 2.89. The Morgan fingerprint density at radius 1 is 1.24 bits per heavy atom. The highest BCUT2D eigenvalue weighted by Gasteiger charge is 2.21. The summed E-state index contributed by atoms with van der Waals surface area (Å²) in [5, 5.41) is 16.0. The summed E-state index contributed by atoms with van der Waals surface area (Å²) in [6.45, 7) is 0.0227. The van der Waals surface area contributed by atoms with Gasteiger partial charge in [0, 0.05) is 24.5 Å². The Balaban J connectivity index is 1.67. The molecule has 0 aliphatic carbocycles. The second-order valence-corrected chi connectivity index (χ2v) is 6.42. The van der Waals surface area contributed by atoms with Crippen molar-refractivity contribution in [2.75, 3.05) is 13.7 Å². The van der Waals surface area contributed by atoms with Crippen LogP contribution in [0, 0.1) is 11.7 Å². The third kappa shape index (κ3) is 4.98. The Hall–Kier alpha value is -3.68. The van der Waals surface area contributed by atoms with E-state index in [1.165, 1.54) is 42.3 Å². The molecule has 2 aromatic carbocycles. The molecule has 1 amide bonds. The predicted octanol–water partition coefficient (Wildman–Crippen LogP) is 2.48. The fourth-order valence-electron chi connectivity index (χ4n) is 2.89. The van der Waals surface area contributed by atoms with Crippen LogP contribution in [0.1, 0.15) is 15.9 Å². The highest BCUT2D eigenvalue weighted by Crippen LogP contribution is 2.16. The largest absolute Gasteiger partial charge is 0.508 e. The summed E-state index contributed by atoms with van der Waals surface area (Å²) in [5.74, 6) is -2.07. The van der Waals surface area contributed by atoms with Gasteiger partial charge < -0.3 is 15.2 Å². The van der Waals surface area contributed by atoms with Crippen LogP contribution in [0.25, 0.3) is 5.69 Å². The maximum atomic E-state index is 14.3. The molecule has 150 valence electrons. The number of benzene rings is 2. The van der Waals surface area contributed by atoms with Gasteiger partial charge in [-0.05, 0) is 48.4 Å². The summed E-state index contributed by atoms with van der Waals surface area (Å²) in [4.78, 5) is 24.5. The molecule has 29 heavy (non-hydrogen) atoms. The summed E-state index contributed by atoms with van der Waals surface area (Å²) in [5.41, 5.74) is 1.17. The lowest BCUT2D eigenvalue weighted by Gasteiger charge is -2.16. The number of methoxy groups -OCH3 is 1. The van der Waals surface area contributed by atoms with E-state index in [-0.39, 0.29) is 23.5 Å². The summed E-state index contributed by atoms with van der Waals surface area (Å²) in [6, 6.07) is 12.2. The van der Waals surface area contributed by atoms with Crippen molar-refractivity contribution >= 4 is 11.9 Å². The quantitative estimate of drug-likeness (QED) is 0.598. The summed E-state index contributed by atoms with van der Waals surface area (Å²) >= 11 is 0. The van der Waals surface area contributed by atoms with Gasteiger partial charge in [-0.2, -0.15) is 5.10 Å². The standard InChI is InChI=1S/C21H20FN3O4/c1-29-21(28)16(11-14-3-6-17(26)7-4-14)13-23-20(27)15-5-8-19(18(22)12-15)25-10-2-9-24-25/h2-10,12,16,26H,11,13H2,1H3,(H,23,27). The van der Waals surface area contributed by atoms with Gasteiger partial charge in [-0.1, -0.05) is 12.1 Å². The Morgan fingerprint density at radius 3 is 2.62 bits per heavy atom. The third-order valence-corrected chi connectivity index (χ3v) is 4.42. The molecule has 2 N–H and O–H groups in total. The summed E-state index contributed by atoms with van der Waals surface area (Å²) in [7, 11) is 1.28. The van der Waals surface area contributed by atoms with E-state index in [1.54, 1.807) is 24.4 Å². The van der Waals surface area contributed by atoms with Crippen molar-refractivity contribution in [2.45, 2.75) is 6.42 Å². The number of phenols is 1. The number of phenolic OH excluding ortho intramolecular Hbond substituents is 1. The lowest BCUT2D eigenvalue weighted by Crippen LogP contribution is -2.34. The highest BCUT2D eigenvalue weighted by atomic mass is 19.1. The average Bonchev–Trinajstić information content (AvgIpc) is 3.26. The Morgan fingerprint density at radius 2 is 2.00 bits per heavy atom. The number of hydrogen-bond donors (Lipinski definition) is 2. The number of hydrogen-bond acceptors (Lipinski definition) is 5. The minimum Gasteiger partial charge on any atom is -0.508 e. The molecule has 0 aliphatic rings. The van der Waals surface area contributed by atoms with Crippen LogP contribution in [-0.2, 0) is 16.0 Å². The van der Waals surface area contributed by atoms with E-state index in [2.05, 4.69) is 10.4 Å². The van der Waals surface area contributed by atoms with Gasteiger partial charge in [0.2, 0.25) is 0 Å². The van der Waals surface area contributed by atoms with Gasteiger partial charge >= 0.3 is 5.97 Å². The van der Waals surface area contributed by atoms with Crippen molar-refractivity contribution in [3.63, 3.8) is 0 Å². The van der Waals surface area contributed by atoms with Crippen LogP contribution >= 0.6 is 0 Å². The first-order chi connectivity index (χ1) is 14.0. The van der Waals surface area contributed by atoms with Crippen molar-refractivity contribution < 1.29 is 23.8 Å². The van der Waals surface area contributed by atoms with Crippen LogP contribution in [0.15, 0.2) is 60.9 Å². The van der Waals surface area contributed by atoms with Crippen LogP contribution in [0.5, 0.6) is 5.75 Å². The lowest BCUT2D eigenvalue weighted by atomic mass is 9.99. The monoisotopic (exact) mass is 397 g/mol. The molecular formula is C21H20FN3O4. The molecule has 8 heteroatoms. The lowest BCUT2D eigenvalue weighted by molar-refractivity contribution is -0.145. The second-order valence-electron chi connectivity index (χ2n) is 6.42. The van der Waals surface area contributed by atoms with Crippen LogP contribution in [0.2, 0.25) is 0 Å². The van der Waals surface area contributed by atoms with E-state index in [4.69, 9.17) is 4.74 Å².